The first-order valence-electron chi connectivity index (χ1n) is 5.97. The predicted octanol–water partition coefficient (Wildman–Crippen LogP) is 1.47. The number of rotatable bonds is 6. The van der Waals surface area contributed by atoms with Crippen LogP contribution >= 0.6 is 0 Å². The molecule has 0 aromatic heterocycles. The number of amides is 1. The van der Waals surface area contributed by atoms with Crippen molar-refractivity contribution in [3.05, 3.63) is 23.8 Å². The highest BCUT2D eigenvalue weighted by Crippen LogP contribution is 2.16. The number of nitrogens with one attached hydrogen (secondary N) is 2. The lowest BCUT2D eigenvalue weighted by Gasteiger charge is -2.08. The summed E-state index contributed by atoms with van der Waals surface area (Å²) in [5, 5.41) is 14.6. The summed E-state index contributed by atoms with van der Waals surface area (Å²) >= 11 is 0. The van der Waals surface area contributed by atoms with E-state index >= 15 is 0 Å². The molecule has 0 bridgehead atoms. The van der Waals surface area contributed by atoms with E-state index in [9.17, 15) is 4.79 Å². The molecule has 96 valence electrons. The number of nitrogens with zero attached hydrogens (tertiary/aromatic N) is 1. The Morgan fingerprint density at radius 3 is 2.83 bits per heavy atom. The fraction of sp³-hybridized carbons (Fsp3) is 0.385. The summed E-state index contributed by atoms with van der Waals surface area (Å²) in [6.07, 6.45) is 1.35. The van der Waals surface area contributed by atoms with Crippen molar-refractivity contribution in [1.82, 2.24) is 5.32 Å². The van der Waals surface area contributed by atoms with Gasteiger partial charge in [0.15, 0.2) is 0 Å². The van der Waals surface area contributed by atoms with Gasteiger partial charge in [0, 0.05) is 25.2 Å². The van der Waals surface area contributed by atoms with Gasteiger partial charge >= 0.3 is 0 Å². The second-order valence-electron chi connectivity index (χ2n) is 3.94. The van der Waals surface area contributed by atoms with Gasteiger partial charge in [0.25, 0.3) is 0 Å². The van der Waals surface area contributed by atoms with Gasteiger partial charge in [-0.15, -0.1) is 0 Å². The molecule has 0 spiro atoms. The van der Waals surface area contributed by atoms with Gasteiger partial charge in [-0.3, -0.25) is 4.79 Å². The second-order valence-corrected chi connectivity index (χ2v) is 3.94. The largest absolute Gasteiger partial charge is 0.398 e. The summed E-state index contributed by atoms with van der Waals surface area (Å²) in [4.78, 5) is 11.3. The number of nitriles is 1. The fourth-order valence-electron chi connectivity index (χ4n) is 1.45. The van der Waals surface area contributed by atoms with E-state index in [0.29, 0.717) is 30.8 Å². The van der Waals surface area contributed by atoms with E-state index in [-0.39, 0.29) is 5.91 Å². The minimum absolute atomic E-state index is 0.0333. The number of nitrogens with two attached hydrogens (primary N) is 1. The Hall–Kier alpha value is -2.22. The van der Waals surface area contributed by atoms with E-state index in [2.05, 4.69) is 10.6 Å². The molecule has 4 N–H and O–H groups in total. The Morgan fingerprint density at radius 1 is 1.44 bits per heavy atom. The molecular formula is C13H18N4O. The van der Waals surface area contributed by atoms with E-state index in [1.54, 1.807) is 18.2 Å². The molecule has 18 heavy (non-hydrogen) atoms. The van der Waals surface area contributed by atoms with Crippen molar-refractivity contribution in [2.75, 3.05) is 24.1 Å². The van der Waals surface area contributed by atoms with Crippen molar-refractivity contribution < 1.29 is 4.79 Å². The first-order chi connectivity index (χ1) is 8.67. The van der Waals surface area contributed by atoms with Crippen LogP contribution in [0.5, 0.6) is 0 Å². The summed E-state index contributed by atoms with van der Waals surface area (Å²) < 4.78 is 0. The number of benzene rings is 1. The molecule has 5 heteroatoms. The SMILES string of the molecule is CCCNC(=O)CCNc1ccc(C#N)c(N)c1. The number of hydrogen-bond donors (Lipinski definition) is 3. The van der Waals surface area contributed by atoms with Crippen LogP contribution in [0.25, 0.3) is 0 Å². The molecule has 0 radical (unpaired) electrons. The highest BCUT2D eigenvalue weighted by Gasteiger charge is 2.01. The molecule has 1 rings (SSSR count). The second kappa shape index (κ2) is 7.17. The molecular weight excluding hydrogens is 228 g/mol. The van der Waals surface area contributed by atoms with Crippen LogP contribution in [0.3, 0.4) is 0 Å². The number of nitrogen functional groups attached to an aromatic ring is 1. The normalized spacial score (nSPS) is 9.56. The van der Waals surface area contributed by atoms with Crippen LogP contribution in [0, 0.1) is 11.3 Å². The maximum absolute atomic E-state index is 11.3. The molecule has 0 fully saturated rings. The molecule has 0 saturated carbocycles. The number of anilines is 2. The van der Waals surface area contributed by atoms with E-state index in [1.807, 2.05) is 13.0 Å². The van der Waals surface area contributed by atoms with Crippen LogP contribution in [0.15, 0.2) is 18.2 Å². The quantitative estimate of drug-likeness (QED) is 0.663. The molecule has 0 aliphatic heterocycles. The smallest absolute Gasteiger partial charge is 0.221 e. The van der Waals surface area contributed by atoms with Crippen molar-refractivity contribution in [1.29, 1.82) is 5.26 Å². The molecule has 1 amide bonds. The minimum Gasteiger partial charge on any atom is -0.398 e. The van der Waals surface area contributed by atoms with E-state index in [1.165, 1.54) is 0 Å². The van der Waals surface area contributed by atoms with Crippen LogP contribution < -0.4 is 16.4 Å². The van der Waals surface area contributed by atoms with Gasteiger partial charge in [-0.05, 0) is 24.6 Å². The van der Waals surface area contributed by atoms with Gasteiger partial charge in [-0.1, -0.05) is 6.92 Å². The lowest BCUT2D eigenvalue weighted by atomic mass is 10.2. The van der Waals surface area contributed by atoms with Crippen LogP contribution in [-0.4, -0.2) is 19.0 Å². The summed E-state index contributed by atoms with van der Waals surface area (Å²) in [5.74, 6) is 0.0333. The average molecular weight is 246 g/mol. The maximum atomic E-state index is 11.3. The molecule has 0 aliphatic carbocycles. The summed E-state index contributed by atoms with van der Waals surface area (Å²) in [6, 6.07) is 7.14. The zero-order valence-corrected chi connectivity index (χ0v) is 10.5. The number of hydrogen-bond acceptors (Lipinski definition) is 4. The van der Waals surface area contributed by atoms with E-state index in [4.69, 9.17) is 11.0 Å². The predicted molar refractivity (Wildman–Crippen MR) is 72.0 cm³/mol. The molecule has 0 atom stereocenters. The third-order valence-electron chi connectivity index (χ3n) is 2.43. The van der Waals surface area contributed by atoms with Crippen molar-refractivity contribution in [2.24, 2.45) is 0 Å². The number of carbonyl (C=O) groups excluding carboxylic acids is 1. The molecule has 0 heterocycles. The molecule has 1 aromatic rings. The van der Waals surface area contributed by atoms with Crippen molar-refractivity contribution in [2.45, 2.75) is 19.8 Å². The highest BCUT2D eigenvalue weighted by molar-refractivity contribution is 5.76. The van der Waals surface area contributed by atoms with Gasteiger partial charge in [-0.25, -0.2) is 0 Å². The Balaban J connectivity index is 2.38. The van der Waals surface area contributed by atoms with Gasteiger partial charge in [0.1, 0.15) is 6.07 Å². The Labute approximate surface area is 107 Å². The highest BCUT2D eigenvalue weighted by atomic mass is 16.1. The standard InChI is InChI=1S/C13H18N4O/c1-2-6-17-13(18)5-7-16-11-4-3-10(9-14)12(15)8-11/h3-4,8,16H,2,5-7,15H2,1H3,(H,17,18). The Kier molecular flexibility index (Phi) is 5.52. The fourth-order valence-corrected chi connectivity index (χ4v) is 1.45. The van der Waals surface area contributed by atoms with Gasteiger partial charge in [0.2, 0.25) is 5.91 Å². The Bertz CT molecular complexity index is 451. The topological polar surface area (TPSA) is 90.9 Å². The zero-order valence-electron chi connectivity index (χ0n) is 10.5. The average Bonchev–Trinajstić information content (AvgIpc) is 2.36. The Morgan fingerprint density at radius 2 is 2.22 bits per heavy atom. The third kappa shape index (κ3) is 4.34. The molecule has 0 saturated heterocycles. The minimum atomic E-state index is 0.0333. The lowest BCUT2D eigenvalue weighted by molar-refractivity contribution is -0.120. The van der Waals surface area contributed by atoms with Crippen LogP contribution in [0.4, 0.5) is 11.4 Å². The van der Waals surface area contributed by atoms with Gasteiger partial charge in [-0.2, -0.15) is 5.26 Å². The molecule has 0 aliphatic rings. The van der Waals surface area contributed by atoms with E-state index in [0.717, 1.165) is 12.1 Å². The van der Waals surface area contributed by atoms with Crippen molar-refractivity contribution in [3.63, 3.8) is 0 Å². The van der Waals surface area contributed by atoms with Crippen molar-refractivity contribution >= 4 is 17.3 Å². The third-order valence-corrected chi connectivity index (χ3v) is 2.43. The molecule has 1 aromatic carbocycles. The molecule has 5 nitrogen and oxygen atoms in total. The first-order valence-corrected chi connectivity index (χ1v) is 5.97. The van der Waals surface area contributed by atoms with Crippen molar-refractivity contribution in [3.8, 4) is 6.07 Å². The first kappa shape index (κ1) is 13.8. The summed E-state index contributed by atoms with van der Waals surface area (Å²) in [6.45, 7) is 3.27. The summed E-state index contributed by atoms with van der Waals surface area (Å²) in [5.41, 5.74) is 7.40. The maximum Gasteiger partial charge on any atom is 0.221 e. The number of carbonyl (C=O) groups is 1. The van der Waals surface area contributed by atoms with Gasteiger partial charge in [0.05, 0.1) is 11.3 Å². The zero-order chi connectivity index (χ0) is 13.4. The van der Waals surface area contributed by atoms with Crippen LogP contribution in [0.1, 0.15) is 25.3 Å². The summed E-state index contributed by atoms with van der Waals surface area (Å²) in [7, 11) is 0. The molecule has 0 unspecified atom stereocenters. The lowest BCUT2D eigenvalue weighted by Crippen LogP contribution is -2.25. The monoisotopic (exact) mass is 246 g/mol. The van der Waals surface area contributed by atoms with Crippen LogP contribution in [0.2, 0.25) is 0 Å². The van der Waals surface area contributed by atoms with Crippen LogP contribution in [-0.2, 0) is 4.79 Å². The van der Waals surface area contributed by atoms with Gasteiger partial charge < -0.3 is 16.4 Å². The van der Waals surface area contributed by atoms with E-state index < -0.39 is 0 Å².